The van der Waals surface area contributed by atoms with Gasteiger partial charge in [0.2, 0.25) is 5.95 Å². The number of aromatic nitrogens is 2. The van der Waals surface area contributed by atoms with Gasteiger partial charge in [-0.05, 0) is 38.5 Å². The first kappa shape index (κ1) is 12.2. The van der Waals surface area contributed by atoms with Gasteiger partial charge in [-0.1, -0.05) is 13.0 Å². The van der Waals surface area contributed by atoms with Crippen LogP contribution in [0, 0.1) is 12.8 Å². The monoisotopic (exact) mass is 233 g/mol. The molecule has 1 heterocycles. The molecule has 17 heavy (non-hydrogen) atoms. The Kier molecular flexibility index (Phi) is 3.87. The molecule has 0 amide bonds. The van der Waals surface area contributed by atoms with Crippen LogP contribution >= 0.6 is 0 Å². The Labute approximate surface area is 104 Å². The van der Waals surface area contributed by atoms with Crippen LogP contribution < -0.4 is 5.32 Å². The zero-order valence-corrected chi connectivity index (χ0v) is 10.9. The molecule has 0 unspecified atom stereocenters. The van der Waals surface area contributed by atoms with Crippen molar-refractivity contribution in [2.75, 3.05) is 5.32 Å². The average molecular weight is 233 g/mol. The average Bonchev–Trinajstić information content (AvgIpc) is 2.63. The van der Waals surface area contributed by atoms with Crippen LogP contribution in [0.3, 0.4) is 0 Å². The lowest BCUT2D eigenvalue weighted by Gasteiger charge is -2.27. The lowest BCUT2D eigenvalue weighted by molar-refractivity contribution is 0.360. The molecule has 0 radical (unpaired) electrons. The largest absolute Gasteiger partial charge is 0.353 e. The molecule has 1 saturated carbocycles. The van der Waals surface area contributed by atoms with Gasteiger partial charge in [0.1, 0.15) is 0 Å². The van der Waals surface area contributed by atoms with Crippen molar-refractivity contribution in [1.82, 2.24) is 9.55 Å². The Morgan fingerprint density at radius 3 is 2.82 bits per heavy atom. The summed E-state index contributed by atoms with van der Waals surface area (Å²) in [4.78, 5) is 4.55. The van der Waals surface area contributed by atoms with Gasteiger partial charge in [0.25, 0.3) is 0 Å². The van der Waals surface area contributed by atoms with E-state index in [9.17, 15) is 0 Å². The highest BCUT2D eigenvalue weighted by Crippen LogP contribution is 2.25. The molecule has 3 heteroatoms. The Bertz CT molecular complexity index is 373. The Morgan fingerprint density at radius 1 is 1.47 bits per heavy atom. The fraction of sp³-hybridized carbons (Fsp3) is 0.643. The quantitative estimate of drug-likeness (QED) is 0.808. The highest BCUT2D eigenvalue weighted by molar-refractivity contribution is 5.30. The van der Waals surface area contributed by atoms with E-state index in [1.165, 1.54) is 25.7 Å². The zero-order valence-electron chi connectivity index (χ0n) is 10.9. The fourth-order valence-electron chi connectivity index (χ4n) is 2.53. The molecule has 1 aliphatic rings. The number of allylic oxidation sites excluding steroid dienone is 1. The van der Waals surface area contributed by atoms with E-state index in [2.05, 4.69) is 34.6 Å². The number of aryl methyl sites for hydroxylation is 1. The maximum absolute atomic E-state index is 4.55. The van der Waals surface area contributed by atoms with Crippen molar-refractivity contribution in [3.8, 4) is 0 Å². The molecule has 0 spiro atoms. The van der Waals surface area contributed by atoms with Crippen LogP contribution in [-0.2, 0) is 6.54 Å². The summed E-state index contributed by atoms with van der Waals surface area (Å²) in [5.41, 5.74) is 1.07. The minimum atomic E-state index is 0.594. The second-order valence-corrected chi connectivity index (χ2v) is 5.25. The summed E-state index contributed by atoms with van der Waals surface area (Å²) in [6.07, 6.45) is 9.19. The van der Waals surface area contributed by atoms with E-state index >= 15 is 0 Å². The van der Waals surface area contributed by atoms with E-state index in [4.69, 9.17) is 0 Å². The lowest BCUT2D eigenvalue weighted by atomic mass is 9.87. The zero-order chi connectivity index (χ0) is 12.3. The van der Waals surface area contributed by atoms with Crippen molar-refractivity contribution >= 4 is 5.95 Å². The van der Waals surface area contributed by atoms with Gasteiger partial charge in [-0.15, -0.1) is 6.58 Å². The smallest absolute Gasteiger partial charge is 0.203 e. The Balaban J connectivity index is 2.00. The van der Waals surface area contributed by atoms with E-state index in [0.717, 1.165) is 24.1 Å². The molecule has 0 bridgehead atoms. The molecule has 3 nitrogen and oxygen atoms in total. The summed E-state index contributed by atoms with van der Waals surface area (Å²) in [7, 11) is 0. The molecule has 0 saturated heterocycles. The molecule has 2 rings (SSSR count). The molecule has 0 atom stereocenters. The number of hydrogen-bond acceptors (Lipinski definition) is 2. The summed E-state index contributed by atoms with van der Waals surface area (Å²) >= 11 is 0. The predicted molar refractivity (Wildman–Crippen MR) is 72.2 cm³/mol. The molecular formula is C14H23N3. The van der Waals surface area contributed by atoms with Gasteiger partial charge in [-0.25, -0.2) is 4.98 Å². The highest BCUT2D eigenvalue weighted by Gasteiger charge is 2.19. The van der Waals surface area contributed by atoms with Gasteiger partial charge in [0, 0.05) is 18.8 Å². The molecule has 1 aromatic rings. The summed E-state index contributed by atoms with van der Waals surface area (Å²) in [5, 5.41) is 3.58. The van der Waals surface area contributed by atoms with E-state index in [0.29, 0.717) is 6.04 Å². The number of imidazole rings is 1. The highest BCUT2D eigenvalue weighted by atomic mass is 15.2. The molecule has 0 aliphatic heterocycles. The van der Waals surface area contributed by atoms with E-state index < -0.39 is 0 Å². The van der Waals surface area contributed by atoms with E-state index in [1.54, 1.807) is 0 Å². The molecule has 1 N–H and O–H groups in total. The Hall–Kier alpha value is -1.25. The minimum absolute atomic E-state index is 0.594. The summed E-state index contributed by atoms with van der Waals surface area (Å²) < 4.78 is 2.14. The van der Waals surface area contributed by atoms with Crippen molar-refractivity contribution in [2.24, 2.45) is 5.92 Å². The number of nitrogens with one attached hydrogen (secondary N) is 1. The van der Waals surface area contributed by atoms with Crippen molar-refractivity contribution in [2.45, 2.75) is 52.1 Å². The topological polar surface area (TPSA) is 29.9 Å². The van der Waals surface area contributed by atoms with Crippen molar-refractivity contribution in [3.63, 3.8) is 0 Å². The molecule has 1 aliphatic carbocycles. The second-order valence-electron chi connectivity index (χ2n) is 5.25. The maximum Gasteiger partial charge on any atom is 0.203 e. The van der Waals surface area contributed by atoms with Gasteiger partial charge < -0.3 is 9.88 Å². The molecule has 94 valence electrons. The van der Waals surface area contributed by atoms with Crippen molar-refractivity contribution in [3.05, 3.63) is 24.5 Å². The molecular weight excluding hydrogens is 210 g/mol. The van der Waals surface area contributed by atoms with Crippen LogP contribution in [0.25, 0.3) is 0 Å². The van der Waals surface area contributed by atoms with E-state index in [-0.39, 0.29) is 0 Å². The summed E-state index contributed by atoms with van der Waals surface area (Å²) in [5.74, 6) is 1.89. The van der Waals surface area contributed by atoms with Crippen LogP contribution in [0.1, 0.15) is 38.3 Å². The maximum atomic E-state index is 4.55. The minimum Gasteiger partial charge on any atom is -0.353 e. The molecule has 1 aromatic heterocycles. The lowest BCUT2D eigenvalue weighted by Crippen LogP contribution is -2.26. The predicted octanol–water partition coefficient (Wildman–Crippen LogP) is 3.37. The van der Waals surface area contributed by atoms with Crippen molar-refractivity contribution in [1.29, 1.82) is 0 Å². The molecule has 0 aromatic carbocycles. The summed E-state index contributed by atoms with van der Waals surface area (Å²) in [6.45, 7) is 8.99. The van der Waals surface area contributed by atoms with Gasteiger partial charge >= 0.3 is 0 Å². The number of nitrogens with zero attached hydrogens (tertiary/aromatic N) is 2. The standard InChI is InChI=1S/C14H23N3/c1-4-9-17-10-12(3)15-14(17)16-13-7-5-11(2)6-8-13/h4,10-11,13H,1,5-9H2,2-3H3,(H,15,16). The third-order valence-corrected chi connectivity index (χ3v) is 3.57. The number of hydrogen-bond donors (Lipinski definition) is 1. The van der Waals surface area contributed by atoms with E-state index in [1.807, 2.05) is 13.0 Å². The normalized spacial score (nSPS) is 24.6. The first-order valence-electron chi connectivity index (χ1n) is 6.60. The van der Waals surface area contributed by atoms with Crippen LogP contribution in [0.15, 0.2) is 18.9 Å². The van der Waals surface area contributed by atoms with Crippen molar-refractivity contribution < 1.29 is 0 Å². The summed E-state index contributed by atoms with van der Waals surface area (Å²) in [6, 6.07) is 0.594. The number of rotatable bonds is 4. The van der Waals surface area contributed by atoms with Gasteiger partial charge in [0.15, 0.2) is 0 Å². The first-order valence-corrected chi connectivity index (χ1v) is 6.60. The van der Waals surface area contributed by atoms with Gasteiger partial charge in [-0.2, -0.15) is 0 Å². The first-order chi connectivity index (χ1) is 8.19. The van der Waals surface area contributed by atoms with Gasteiger partial charge in [0.05, 0.1) is 5.69 Å². The van der Waals surface area contributed by atoms with Crippen LogP contribution in [0.2, 0.25) is 0 Å². The second kappa shape index (κ2) is 5.39. The van der Waals surface area contributed by atoms with Crippen LogP contribution in [-0.4, -0.2) is 15.6 Å². The third kappa shape index (κ3) is 3.11. The van der Waals surface area contributed by atoms with Crippen LogP contribution in [0.4, 0.5) is 5.95 Å². The Morgan fingerprint density at radius 2 is 2.18 bits per heavy atom. The SMILES string of the molecule is C=CCn1cc(C)nc1NC1CCC(C)CC1. The fourth-order valence-corrected chi connectivity index (χ4v) is 2.53. The van der Waals surface area contributed by atoms with Gasteiger partial charge in [-0.3, -0.25) is 0 Å². The third-order valence-electron chi connectivity index (χ3n) is 3.57. The number of anilines is 1. The molecule has 1 fully saturated rings. The van der Waals surface area contributed by atoms with Crippen LogP contribution in [0.5, 0.6) is 0 Å².